The van der Waals surface area contributed by atoms with Gasteiger partial charge < -0.3 is 37.0 Å². The molecule has 1 aromatic carbocycles. The van der Waals surface area contributed by atoms with E-state index >= 15 is 0 Å². The third kappa shape index (κ3) is 7.68. The maximum absolute atomic E-state index is 12.5. The van der Waals surface area contributed by atoms with Crippen molar-refractivity contribution in [3.05, 3.63) is 29.8 Å². The monoisotopic (exact) mass is 424 g/mol. The van der Waals surface area contributed by atoms with Gasteiger partial charge in [-0.1, -0.05) is 12.1 Å². The number of hydrogen-bond donors (Lipinski definition) is 7. The zero-order valence-corrected chi connectivity index (χ0v) is 17.0. The Morgan fingerprint density at radius 1 is 0.933 bits per heavy atom. The highest BCUT2D eigenvalue weighted by Gasteiger charge is 2.31. The van der Waals surface area contributed by atoms with E-state index in [0.29, 0.717) is 5.56 Å². The van der Waals surface area contributed by atoms with Crippen molar-refractivity contribution in [3.63, 3.8) is 0 Å². The van der Waals surface area contributed by atoms with E-state index in [1.165, 1.54) is 45.0 Å². The predicted molar refractivity (Wildman–Crippen MR) is 106 cm³/mol. The first-order chi connectivity index (χ1) is 13.9. The first kappa shape index (κ1) is 24.9. The number of carbonyl (C=O) groups is 4. The first-order valence-electron chi connectivity index (χ1n) is 9.27. The highest BCUT2D eigenvalue weighted by atomic mass is 16.4. The standard InChI is InChI=1S/C19H28N4O7/c1-9(20)16(26)21-10(2)17(27)23-15(11(3)24)18(28)22-14(19(29)30)8-12-4-6-13(25)7-5-12/h4-7,9-11,14-15,24-25H,8,20H2,1-3H3,(H,21,26)(H,22,28)(H,23,27)(H,29,30). The maximum atomic E-state index is 12.5. The van der Waals surface area contributed by atoms with E-state index in [-0.39, 0.29) is 12.2 Å². The number of amides is 3. The van der Waals surface area contributed by atoms with Crippen LogP contribution in [0, 0.1) is 0 Å². The molecule has 11 heteroatoms. The van der Waals surface area contributed by atoms with Crippen LogP contribution in [0.5, 0.6) is 5.75 Å². The smallest absolute Gasteiger partial charge is 0.326 e. The van der Waals surface area contributed by atoms with E-state index in [4.69, 9.17) is 5.73 Å². The van der Waals surface area contributed by atoms with Crippen molar-refractivity contribution >= 4 is 23.7 Å². The lowest BCUT2D eigenvalue weighted by atomic mass is 10.0. The molecule has 11 nitrogen and oxygen atoms in total. The lowest BCUT2D eigenvalue weighted by molar-refractivity contribution is -0.143. The van der Waals surface area contributed by atoms with Gasteiger partial charge in [0.1, 0.15) is 23.9 Å². The van der Waals surface area contributed by atoms with Crippen molar-refractivity contribution in [2.45, 2.75) is 57.5 Å². The highest BCUT2D eigenvalue weighted by Crippen LogP contribution is 2.11. The van der Waals surface area contributed by atoms with Crippen molar-refractivity contribution in [3.8, 4) is 5.75 Å². The van der Waals surface area contributed by atoms with Crippen molar-refractivity contribution in [2.24, 2.45) is 5.73 Å². The zero-order chi connectivity index (χ0) is 23.0. The molecule has 5 unspecified atom stereocenters. The van der Waals surface area contributed by atoms with Crippen LogP contribution in [-0.4, -0.2) is 69.3 Å². The number of carboxylic acid groups (broad SMARTS) is 1. The summed E-state index contributed by atoms with van der Waals surface area (Å²) >= 11 is 0. The van der Waals surface area contributed by atoms with Gasteiger partial charge >= 0.3 is 5.97 Å². The van der Waals surface area contributed by atoms with Gasteiger partial charge in [0.05, 0.1) is 12.1 Å². The highest BCUT2D eigenvalue weighted by molar-refractivity contribution is 5.94. The summed E-state index contributed by atoms with van der Waals surface area (Å²) in [5.74, 6) is -3.54. The average Bonchev–Trinajstić information content (AvgIpc) is 2.66. The number of phenols is 1. The number of carboxylic acids is 1. The number of phenolic OH excluding ortho intramolecular Hbond substituents is 1. The molecule has 0 aliphatic rings. The molecular weight excluding hydrogens is 396 g/mol. The largest absolute Gasteiger partial charge is 0.508 e. The fraction of sp³-hybridized carbons (Fsp3) is 0.474. The number of aromatic hydroxyl groups is 1. The number of nitrogens with one attached hydrogen (secondary N) is 3. The molecule has 8 N–H and O–H groups in total. The number of aliphatic hydroxyl groups is 1. The molecule has 166 valence electrons. The van der Waals surface area contributed by atoms with Crippen molar-refractivity contribution < 1.29 is 34.5 Å². The van der Waals surface area contributed by atoms with E-state index in [1.54, 1.807) is 0 Å². The van der Waals surface area contributed by atoms with E-state index in [9.17, 15) is 34.5 Å². The van der Waals surface area contributed by atoms with Gasteiger partial charge in [-0.15, -0.1) is 0 Å². The molecule has 1 aromatic rings. The molecule has 0 saturated carbocycles. The summed E-state index contributed by atoms with van der Waals surface area (Å²) in [5.41, 5.74) is 5.97. The first-order valence-corrected chi connectivity index (χ1v) is 9.27. The van der Waals surface area contributed by atoms with Gasteiger partial charge in [0.2, 0.25) is 17.7 Å². The molecule has 0 bridgehead atoms. The molecule has 30 heavy (non-hydrogen) atoms. The van der Waals surface area contributed by atoms with Crippen LogP contribution in [0.4, 0.5) is 0 Å². The summed E-state index contributed by atoms with van der Waals surface area (Å²) in [6, 6.07) is 1.11. The minimum atomic E-state index is -1.45. The number of rotatable bonds is 10. The van der Waals surface area contributed by atoms with Gasteiger partial charge in [-0.3, -0.25) is 14.4 Å². The summed E-state index contributed by atoms with van der Waals surface area (Å²) in [6.45, 7) is 4.06. The summed E-state index contributed by atoms with van der Waals surface area (Å²) in [4.78, 5) is 47.9. The SMILES string of the molecule is CC(N)C(=O)NC(C)C(=O)NC(C(=O)NC(Cc1ccc(O)cc1)C(=O)O)C(C)O. The van der Waals surface area contributed by atoms with Gasteiger partial charge in [0, 0.05) is 6.42 Å². The number of nitrogens with two attached hydrogens (primary N) is 1. The fourth-order valence-electron chi connectivity index (χ4n) is 2.42. The van der Waals surface area contributed by atoms with Crippen LogP contribution in [0.25, 0.3) is 0 Å². The molecule has 5 atom stereocenters. The Hall–Kier alpha value is -3.18. The molecule has 0 aliphatic carbocycles. The van der Waals surface area contributed by atoms with Gasteiger partial charge in [-0.05, 0) is 38.5 Å². The summed E-state index contributed by atoms with van der Waals surface area (Å²) in [5, 5.41) is 35.5. The Labute approximate surface area is 173 Å². The van der Waals surface area contributed by atoms with E-state index in [1.807, 2.05) is 0 Å². The Balaban J connectivity index is 2.82. The Morgan fingerprint density at radius 3 is 1.97 bits per heavy atom. The predicted octanol–water partition coefficient (Wildman–Crippen LogP) is -1.78. The molecule has 0 fully saturated rings. The Bertz CT molecular complexity index is 765. The fourth-order valence-corrected chi connectivity index (χ4v) is 2.42. The van der Waals surface area contributed by atoms with Gasteiger partial charge in [0.15, 0.2) is 0 Å². The summed E-state index contributed by atoms with van der Waals surface area (Å²) in [6.07, 6.45) is -1.42. The molecule has 0 heterocycles. The minimum absolute atomic E-state index is 0.0109. The lowest BCUT2D eigenvalue weighted by Gasteiger charge is -2.25. The second-order valence-electron chi connectivity index (χ2n) is 7.02. The van der Waals surface area contributed by atoms with Gasteiger partial charge in [-0.2, -0.15) is 0 Å². The lowest BCUT2D eigenvalue weighted by Crippen LogP contribution is -2.59. The topological polar surface area (TPSA) is 191 Å². The molecule has 3 amide bonds. The normalized spacial score (nSPS) is 15.8. The van der Waals surface area contributed by atoms with Crippen molar-refractivity contribution in [1.29, 1.82) is 0 Å². The number of carbonyl (C=O) groups excluding carboxylic acids is 3. The maximum Gasteiger partial charge on any atom is 0.326 e. The van der Waals surface area contributed by atoms with Crippen molar-refractivity contribution in [1.82, 2.24) is 16.0 Å². The number of benzene rings is 1. The summed E-state index contributed by atoms with van der Waals surface area (Å²) in [7, 11) is 0. The zero-order valence-electron chi connectivity index (χ0n) is 17.0. The van der Waals surface area contributed by atoms with Crippen LogP contribution in [0.1, 0.15) is 26.3 Å². The van der Waals surface area contributed by atoms with E-state index in [2.05, 4.69) is 16.0 Å². The van der Waals surface area contributed by atoms with Crippen LogP contribution in [0.2, 0.25) is 0 Å². The molecule has 0 saturated heterocycles. The Kier molecular flexibility index (Phi) is 9.21. The van der Waals surface area contributed by atoms with Crippen LogP contribution < -0.4 is 21.7 Å². The van der Waals surface area contributed by atoms with E-state index < -0.39 is 54.0 Å². The molecule has 1 rings (SSSR count). The molecule has 0 aliphatic heterocycles. The quantitative estimate of drug-likeness (QED) is 0.229. The minimum Gasteiger partial charge on any atom is -0.508 e. The molecule has 0 radical (unpaired) electrons. The van der Waals surface area contributed by atoms with Crippen LogP contribution in [-0.2, 0) is 25.6 Å². The average molecular weight is 424 g/mol. The number of aliphatic carboxylic acids is 1. The third-order valence-corrected chi connectivity index (χ3v) is 4.22. The van der Waals surface area contributed by atoms with Gasteiger partial charge in [0.25, 0.3) is 0 Å². The second kappa shape index (κ2) is 11.1. The third-order valence-electron chi connectivity index (χ3n) is 4.22. The molecule has 0 aromatic heterocycles. The van der Waals surface area contributed by atoms with Crippen LogP contribution in [0.3, 0.4) is 0 Å². The van der Waals surface area contributed by atoms with Crippen LogP contribution in [0.15, 0.2) is 24.3 Å². The van der Waals surface area contributed by atoms with E-state index in [0.717, 1.165) is 0 Å². The molecule has 0 spiro atoms. The number of aliphatic hydroxyl groups excluding tert-OH is 1. The van der Waals surface area contributed by atoms with Gasteiger partial charge in [-0.25, -0.2) is 4.79 Å². The Morgan fingerprint density at radius 2 is 1.50 bits per heavy atom. The van der Waals surface area contributed by atoms with Crippen LogP contribution >= 0.6 is 0 Å². The van der Waals surface area contributed by atoms with Crippen molar-refractivity contribution in [2.75, 3.05) is 0 Å². The molecular formula is C19H28N4O7. The summed E-state index contributed by atoms with van der Waals surface area (Å²) < 4.78 is 0. The number of hydrogen-bond acceptors (Lipinski definition) is 7. The second-order valence-corrected chi connectivity index (χ2v) is 7.02.